The number of rotatable bonds is 10. The van der Waals surface area contributed by atoms with Crippen molar-refractivity contribution < 1.29 is 79.7 Å². The van der Waals surface area contributed by atoms with Gasteiger partial charge in [0.05, 0.1) is 6.61 Å². The third-order valence-electron chi connectivity index (χ3n) is 4.44. The van der Waals surface area contributed by atoms with E-state index in [9.17, 15) is 74.6 Å². The fraction of sp³-hybridized carbons (Fsp3) is 0.625. The van der Waals surface area contributed by atoms with Gasteiger partial charge in [0, 0.05) is 12.2 Å². The van der Waals surface area contributed by atoms with Crippen LogP contribution >= 0.6 is 0 Å². The third-order valence-corrected chi connectivity index (χ3v) is 4.44. The predicted octanol–water partition coefficient (Wildman–Crippen LogP) is 6.45. The summed E-state index contributed by atoms with van der Waals surface area (Å²) in [6, 6.07) is -3.33. The molecule has 35 heavy (non-hydrogen) atoms. The van der Waals surface area contributed by atoms with Crippen LogP contribution in [0.25, 0.3) is 0 Å². The molecule has 0 heterocycles. The molecule has 0 amide bonds. The van der Waals surface area contributed by atoms with E-state index in [1.165, 1.54) is 0 Å². The lowest BCUT2D eigenvalue weighted by Gasteiger charge is -2.45. The van der Waals surface area contributed by atoms with Crippen molar-refractivity contribution in [3.05, 3.63) is 30.3 Å². The Morgan fingerprint density at radius 3 is 1.20 bits per heavy atom. The monoisotopic (exact) mass is 555 g/mol. The van der Waals surface area contributed by atoms with E-state index in [-0.39, 0.29) is 0 Å². The number of hydrogen-bond donors (Lipinski definition) is 1. The molecule has 1 N–H and O–H groups in total. The molecule has 0 bridgehead atoms. The van der Waals surface area contributed by atoms with E-state index in [4.69, 9.17) is 5.11 Å². The van der Waals surface area contributed by atoms with Crippen LogP contribution in [0, 0.1) is 0 Å². The second-order valence-electron chi connectivity index (χ2n) is 6.70. The van der Waals surface area contributed by atoms with E-state index >= 15 is 0 Å². The van der Waals surface area contributed by atoms with Gasteiger partial charge < -0.3 is 10.0 Å². The average Bonchev–Trinajstić information content (AvgIpc) is 2.70. The summed E-state index contributed by atoms with van der Waals surface area (Å²) >= 11 is 0. The zero-order valence-electron chi connectivity index (χ0n) is 16.1. The first-order valence-electron chi connectivity index (χ1n) is 8.45. The summed E-state index contributed by atoms with van der Waals surface area (Å²) < 4.78 is 227. The first kappa shape index (κ1) is 30.8. The number of aliphatic hydroxyl groups excluding tert-OH is 1. The second-order valence-corrected chi connectivity index (χ2v) is 6.70. The van der Waals surface area contributed by atoms with Crippen LogP contribution in [-0.2, 0) is 0 Å². The molecular formula is C16H10F17NO. The van der Waals surface area contributed by atoms with Gasteiger partial charge in [0.25, 0.3) is 0 Å². The highest BCUT2D eigenvalue weighted by molar-refractivity contribution is 5.48. The molecule has 204 valence electrons. The van der Waals surface area contributed by atoms with Gasteiger partial charge in [0.1, 0.15) is 0 Å². The van der Waals surface area contributed by atoms with Crippen molar-refractivity contribution in [3.8, 4) is 0 Å². The Morgan fingerprint density at radius 2 is 0.857 bits per heavy atom. The molecule has 0 unspecified atom stereocenters. The van der Waals surface area contributed by atoms with Crippen molar-refractivity contribution in [1.82, 2.24) is 0 Å². The maximum atomic E-state index is 14.4. The molecule has 0 saturated heterocycles. The van der Waals surface area contributed by atoms with Crippen LogP contribution in [0.5, 0.6) is 0 Å². The SMILES string of the molecule is OCCN(c1ccccc1)C(F)(F)C(F)(F)C(F)(F)C(F)(F)C(F)(F)C(F)(F)C(F)(F)C(F)(F)F. The van der Waals surface area contributed by atoms with Gasteiger partial charge in [-0.3, -0.25) is 0 Å². The molecule has 0 aliphatic heterocycles. The fourth-order valence-corrected chi connectivity index (χ4v) is 2.46. The number of aliphatic hydroxyl groups is 1. The molecule has 0 atom stereocenters. The van der Waals surface area contributed by atoms with Crippen LogP contribution in [0.4, 0.5) is 80.3 Å². The number of alkyl halides is 17. The summed E-state index contributed by atoms with van der Waals surface area (Å²) in [4.78, 5) is -1.24. The molecule has 1 aromatic rings. The summed E-state index contributed by atoms with van der Waals surface area (Å²) in [5.41, 5.74) is -1.24. The zero-order valence-corrected chi connectivity index (χ0v) is 16.1. The zero-order chi connectivity index (χ0) is 28.1. The van der Waals surface area contributed by atoms with Gasteiger partial charge in [-0.05, 0) is 12.1 Å². The first-order valence-corrected chi connectivity index (χ1v) is 8.45. The lowest BCUT2D eigenvalue weighted by molar-refractivity contribution is -0.461. The molecule has 0 radical (unpaired) electrons. The van der Waals surface area contributed by atoms with Crippen LogP contribution in [0.2, 0.25) is 0 Å². The molecule has 19 heteroatoms. The molecule has 1 aromatic carbocycles. The number of nitrogens with zero attached hydrogens (tertiary/aromatic N) is 1. The van der Waals surface area contributed by atoms with Gasteiger partial charge in [-0.25, -0.2) is 0 Å². The molecule has 0 aliphatic carbocycles. The largest absolute Gasteiger partial charge is 0.460 e. The van der Waals surface area contributed by atoms with Crippen molar-refractivity contribution in [2.45, 2.75) is 47.8 Å². The maximum absolute atomic E-state index is 14.4. The molecular weight excluding hydrogens is 545 g/mol. The van der Waals surface area contributed by atoms with Crippen molar-refractivity contribution in [2.24, 2.45) is 0 Å². The predicted molar refractivity (Wildman–Crippen MR) is 81.6 cm³/mol. The molecule has 0 spiro atoms. The molecule has 0 aliphatic rings. The second kappa shape index (κ2) is 8.72. The van der Waals surface area contributed by atoms with Gasteiger partial charge in [-0.2, -0.15) is 74.6 Å². The highest BCUT2D eigenvalue weighted by atomic mass is 19.4. The Kier molecular flexibility index (Phi) is 7.68. The van der Waals surface area contributed by atoms with Gasteiger partial charge in [0.15, 0.2) is 0 Å². The highest BCUT2D eigenvalue weighted by Crippen LogP contribution is 2.64. The number of halogens is 17. The first-order chi connectivity index (χ1) is 15.3. The standard InChI is InChI=1S/C16H10F17NO/c17-9(18,11(21,22)13(25,26)15(29,30)31)10(19,20)12(23,24)14(27,28)16(32,33)34(6-7-35)8-4-2-1-3-5-8/h1-5,35H,6-7H2. The fourth-order valence-electron chi connectivity index (χ4n) is 2.46. The van der Waals surface area contributed by atoms with Gasteiger partial charge >= 0.3 is 47.8 Å². The summed E-state index contributed by atoms with van der Waals surface area (Å²) in [5, 5.41) is 8.73. The molecule has 0 saturated carbocycles. The van der Waals surface area contributed by atoms with Gasteiger partial charge in [-0.1, -0.05) is 18.2 Å². The van der Waals surface area contributed by atoms with E-state index in [0.29, 0.717) is 12.1 Å². The van der Waals surface area contributed by atoms with Crippen LogP contribution in [0.15, 0.2) is 30.3 Å². The smallest absolute Gasteiger partial charge is 0.395 e. The van der Waals surface area contributed by atoms with Crippen molar-refractivity contribution in [1.29, 1.82) is 0 Å². The maximum Gasteiger partial charge on any atom is 0.460 e. The Hall–Kier alpha value is -2.21. The summed E-state index contributed by atoms with van der Waals surface area (Å²) in [7, 11) is 0. The van der Waals surface area contributed by atoms with Crippen molar-refractivity contribution in [3.63, 3.8) is 0 Å². The van der Waals surface area contributed by atoms with Crippen molar-refractivity contribution >= 4 is 5.69 Å². The number of anilines is 1. The molecule has 2 nitrogen and oxygen atoms in total. The van der Waals surface area contributed by atoms with Crippen molar-refractivity contribution in [2.75, 3.05) is 18.1 Å². The third kappa shape index (κ3) is 4.22. The number of hydrogen-bond acceptors (Lipinski definition) is 2. The number of benzene rings is 1. The van der Waals surface area contributed by atoms with Crippen LogP contribution < -0.4 is 4.90 Å². The van der Waals surface area contributed by atoms with E-state index in [0.717, 1.165) is 18.2 Å². The van der Waals surface area contributed by atoms with Crippen LogP contribution in [-0.4, -0.2) is 66.0 Å². The minimum absolute atomic E-state index is 0.433. The summed E-state index contributed by atoms with van der Waals surface area (Å²) in [5.74, 6) is -50.3. The van der Waals surface area contributed by atoms with E-state index in [2.05, 4.69) is 0 Å². The molecule has 0 fully saturated rings. The average molecular weight is 555 g/mol. The number of para-hydroxylation sites is 1. The quantitative estimate of drug-likeness (QED) is 0.265. The van der Waals surface area contributed by atoms with Gasteiger partial charge in [-0.15, -0.1) is 0 Å². The van der Waals surface area contributed by atoms with Crippen LogP contribution in [0.3, 0.4) is 0 Å². The summed E-state index contributed by atoms with van der Waals surface area (Å²) in [6.45, 7) is -3.40. The van der Waals surface area contributed by atoms with E-state index in [1.807, 2.05) is 0 Å². The van der Waals surface area contributed by atoms with Crippen LogP contribution in [0.1, 0.15) is 0 Å². The molecule has 0 aromatic heterocycles. The minimum Gasteiger partial charge on any atom is -0.395 e. The Labute approximate surface area is 182 Å². The van der Waals surface area contributed by atoms with Gasteiger partial charge in [0.2, 0.25) is 0 Å². The highest BCUT2D eigenvalue weighted by Gasteiger charge is 2.95. The summed E-state index contributed by atoms with van der Waals surface area (Å²) in [6.07, 6.45) is -7.80. The minimum atomic E-state index is -8.68. The van der Waals surface area contributed by atoms with E-state index in [1.54, 1.807) is 0 Å². The normalized spacial score (nSPS) is 15.4. The topological polar surface area (TPSA) is 23.5 Å². The lowest BCUT2D eigenvalue weighted by atomic mass is 9.90. The molecule has 1 rings (SSSR count). The van der Waals surface area contributed by atoms with E-state index < -0.39 is 71.5 Å². The Bertz CT molecular complexity index is 865. The Balaban J connectivity index is 3.74. The lowest BCUT2D eigenvalue weighted by Crippen LogP contribution is -2.76. The Morgan fingerprint density at radius 1 is 0.514 bits per heavy atom.